The Morgan fingerprint density at radius 3 is 2.50 bits per heavy atom. The number of nitrogens with one attached hydrogen (secondary N) is 1. The first-order valence-electron chi connectivity index (χ1n) is 10.7. The molecule has 0 unspecified atom stereocenters. The number of hydrogen-bond donors (Lipinski definition) is 1. The highest BCUT2D eigenvalue weighted by molar-refractivity contribution is 7.90. The number of fused-ring (bicyclic) bond motifs is 1. The summed E-state index contributed by atoms with van der Waals surface area (Å²) >= 11 is 0. The van der Waals surface area contributed by atoms with Crippen molar-refractivity contribution in [1.82, 2.24) is 14.6 Å². The molecule has 0 aliphatic heterocycles. The normalized spacial score (nSPS) is 11.4. The average molecular weight is 471 g/mol. The van der Waals surface area contributed by atoms with Crippen LogP contribution in [0.3, 0.4) is 0 Å². The molecule has 0 aliphatic carbocycles. The predicted molar refractivity (Wildman–Crippen MR) is 132 cm³/mol. The van der Waals surface area contributed by atoms with Crippen molar-refractivity contribution in [2.24, 2.45) is 0 Å². The lowest BCUT2D eigenvalue weighted by Gasteiger charge is -2.08. The molecule has 3 aromatic carbocycles. The maximum absolute atomic E-state index is 12.8. The fraction of sp³-hybridized carbons (Fsp3) is 0.0769. The molecule has 0 radical (unpaired) electrons. The van der Waals surface area contributed by atoms with E-state index in [1.807, 2.05) is 66.9 Å². The van der Waals surface area contributed by atoms with Crippen LogP contribution in [0.5, 0.6) is 5.75 Å². The molecule has 0 saturated heterocycles. The average Bonchev–Trinajstić information content (AvgIpc) is 3.26. The fourth-order valence-corrected chi connectivity index (χ4v) is 5.10. The molecule has 0 bridgehead atoms. The Bertz CT molecular complexity index is 1560. The standard InChI is InChI=1S/C26H22N4O3S/c1-33-24-13-6-5-12-23(24)27-26-28-25-15-14-21(17-30(25)29-26)20-9-7-8-19(16-20)18-34(31,32)22-10-3-2-4-11-22/h2-17H,18H2,1H3,(H,27,29). The summed E-state index contributed by atoms with van der Waals surface area (Å²) in [7, 11) is -1.81. The lowest BCUT2D eigenvalue weighted by molar-refractivity contribution is 0.417. The quantitative estimate of drug-likeness (QED) is 0.355. The number of anilines is 2. The number of aromatic nitrogens is 3. The lowest BCUT2D eigenvalue weighted by atomic mass is 10.1. The number of pyridine rings is 1. The van der Waals surface area contributed by atoms with Crippen molar-refractivity contribution in [2.75, 3.05) is 12.4 Å². The van der Waals surface area contributed by atoms with E-state index in [2.05, 4.69) is 15.4 Å². The number of methoxy groups -OCH3 is 1. The van der Waals surface area contributed by atoms with Crippen LogP contribution in [0.1, 0.15) is 5.56 Å². The van der Waals surface area contributed by atoms with E-state index >= 15 is 0 Å². The Labute approximate surface area is 197 Å². The van der Waals surface area contributed by atoms with E-state index in [0.717, 1.165) is 22.4 Å². The molecule has 0 saturated carbocycles. The number of ether oxygens (including phenoxy) is 1. The zero-order valence-corrected chi connectivity index (χ0v) is 19.2. The third kappa shape index (κ3) is 4.49. The number of rotatable bonds is 7. The molecule has 170 valence electrons. The van der Waals surface area contributed by atoms with Gasteiger partial charge in [-0.25, -0.2) is 12.9 Å². The zero-order chi connectivity index (χ0) is 23.5. The third-order valence-corrected chi connectivity index (χ3v) is 7.11. The summed E-state index contributed by atoms with van der Waals surface area (Å²) in [5.74, 6) is 1.08. The van der Waals surface area contributed by atoms with Crippen molar-refractivity contribution in [3.05, 3.63) is 103 Å². The van der Waals surface area contributed by atoms with Gasteiger partial charge in [-0.1, -0.05) is 54.6 Å². The highest BCUT2D eigenvalue weighted by Crippen LogP contribution is 2.27. The van der Waals surface area contributed by atoms with E-state index in [1.165, 1.54) is 0 Å². The maximum Gasteiger partial charge on any atom is 0.247 e. The number of para-hydroxylation sites is 2. The minimum atomic E-state index is -3.43. The van der Waals surface area contributed by atoms with Crippen LogP contribution < -0.4 is 10.1 Å². The van der Waals surface area contributed by atoms with Gasteiger partial charge < -0.3 is 10.1 Å². The van der Waals surface area contributed by atoms with E-state index < -0.39 is 9.84 Å². The molecule has 0 fully saturated rings. The van der Waals surface area contributed by atoms with Crippen LogP contribution in [0.2, 0.25) is 0 Å². The van der Waals surface area contributed by atoms with E-state index in [-0.39, 0.29) is 5.75 Å². The van der Waals surface area contributed by atoms with Crippen molar-refractivity contribution >= 4 is 27.1 Å². The van der Waals surface area contributed by atoms with Gasteiger partial charge >= 0.3 is 0 Å². The number of benzene rings is 3. The van der Waals surface area contributed by atoms with Gasteiger partial charge in [0.25, 0.3) is 0 Å². The molecule has 0 spiro atoms. The van der Waals surface area contributed by atoms with Gasteiger partial charge in [0.05, 0.1) is 23.4 Å². The Hall–Kier alpha value is -4.17. The van der Waals surface area contributed by atoms with Gasteiger partial charge in [-0.3, -0.25) is 0 Å². The molecular formula is C26H22N4O3S. The van der Waals surface area contributed by atoms with Crippen LogP contribution in [-0.4, -0.2) is 30.1 Å². The van der Waals surface area contributed by atoms with Gasteiger partial charge in [0.2, 0.25) is 5.95 Å². The summed E-state index contributed by atoms with van der Waals surface area (Å²) in [6.07, 6.45) is 1.88. The second kappa shape index (κ2) is 8.99. The molecule has 7 nitrogen and oxygen atoms in total. The molecule has 1 N–H and O–H groups in total. The summed E-state index contributed by atoms with van der Waals surface area (Å²) in [4.78, 5) is 4.84. The maximum atomic E-state index is 12.8. The largest absolute Gasteiger partial charge is 0.495 e. The van der Waals surface area contributed by atoms with Gasteiger partial charge in [-0.05, 0) is 47.5 Å². The SMILES string of the molecule is COc1ccccc1Nc1nc2ccc(-c3cccc(CS(=O)(=O)c4ccccc4)c3)cn2n1. The van der Waals surface area contributed by atoms with Crippen molar-refractivity contribution in [2.45, 2.75) is 10.6 Å². The molecule has 5 rings (SSSR count). The van der Waals surface area contributed by atoms with E-state index in [0.29, 0.717) is 22.2 Å². The van der Waals surface area contributed by atoms with Crippen LogP contribution in [-0.2, 0) is 15.6 Å². The lowest BCUT2D eigenvalue weighted by Crippen LogP contribution is -2.04. The topological polar surface area (TPSA) is 85.6 Å². The number of nitrogens with zero attached hydrogens (tertiary/aromatic N) is 3. The van der Waals surface area contributed by atoms with Crippen molar-refractivity contribution in [3.63, 3.8) is 0 Å². The second-order valence-corrected chi connectivity index (χ2v) is 9.74. The van der Waals surface area contributed by atoms with Crippen LogP contribution in [0, 0.1) is 0 Å². The van der Waals surface area contributed by atoms with Crippen molar-refractivity contribution in [3.8, 4) is 16.9 Å². The number of hydrogen-bond acceptors (Lipinski definition) is 6. The fourth-order valence-electron chi connectivity index (χ4n) is 3.75. The van der Waals surface area contributed by atoms with E-state index in [1.54, 1.807) is 42.0 Å². The van der Waals surface area contributed by atoms with Crippen molar-refractivity contribution < 1.29 is 13.2 Å². The Morgan fingerprint density at radius 2 is 1.68 bits per heavy atom. The number of sulfone groups is 1. The summed E-state index contributed by atoms with van der Waals surface area (Å²) in [5, 5.41) is 7.72. The van der Waals surface area contributed by atoms with Gasteiger partial charge in [0.1, 0.15) is 5.75 Å². The molecule has 5 aromatic rings. The Kier molecular flexibility index (Phi) is 5.73. The van der Waals surface area contributed by atoms with Crippen LogP contribution in [0.4, 0.5) is 11.6 Å². The molecule has 2 heterocycles. The smallest absolute Gasteiger partial charge is 0.247 e. The molecule has 34 heavy (non-hydrogen) atoms. The van der Waals surface area contributed by atoms with Gasteiger partial charge in [-0.15, -0.1) is 5.10 Å². The molecular weight excluding hydrogens is 448 g/mol. The molecule has 2 aromatic heterocycles. The summed E-state index contributed by atoms with van der Waals surface area (Å²) in [6, 6.07) is 27.4. The van der Waals surface area contributed by atoms with Gasteiger partial charge in [0, 0.05) is 11.8 Å². The highest BCUT2D eigenvalue weighted by Gasteiger charge is 2.15. The van der Waals surface area contributed by atoms with Crippen LogP contribution in [0.15, 0.2) is 102 Å². The van der Waals surface area contributed by atoms with Gasteiger partial charge in [0.15, 0.2) is 15.5 Å². The Balaban J connectivity index is 1.41. The monoisotopic (exact) mass is 470 g/mol. The first kappa shape index (κ1) is 21.7. The summed E-state index contributed by atoms with van der Waals surface area (Å²) in [6.45, 7) is 0. The second-order valence-electron chi connectivity index (χ2n) is 7.75. The highest BCUT2D eigenvalue weighted by atomic mass is 32.2. The molecule has 0 amide bonds. The van der Waals surface area contributed by atoms with Gasteiger partial charge in [-0.2, -0.15) is 4.98 Å². The predicted octanol–water partition coefficient (Wildman–Crippen LogP) is 5.12. The Morgan fingerprint density at radius 1 is 0.882 bits per heavy atom. The zero-order valence-electron chi connectivity index (χ0n) is 18.4. The first-order chi connectivity index (χ1) is 16.5. The summed E-state index contributed by atoms with van der Waals surface area (Å²) in [5.41, 5.74) is 3.98. The van der Waals surface area contributed by atoms with Crippen molar-refractivity contribution in [1.29, 1.82) is 0 Å². The van der Waals surface area contributed by atoms with Crippen LogP contribution in [0.25, 0.3) is 16.8 Å². The minimum absolute atomic E-state index is 0.0661. The summed E-state index contributed by atoms with van der Waals surface area (Å²) < 4.78 is 32.6. The molecule has 8 heteroatoms. The molecule has 0 aliphatic rings. The van der Waals surface area contributed by atoms with E-state index in [9.17, 15) is 8.42 Å². The minimum Gasteiger partial charge on any atom is -0.495 e. The third-order valence-electron chi connectivity index (χ3n) is 5.40. The molecule has 0 atom stereocenters. The van der Waals surface area contributed by atoms with Crippen LogP contribution >= 0.6 is 0 Å². The van der Waals surface area contributed by atoms with E-state index in [4.69, 9.17) is 4.74 Å². The first-order valence-corrected chi connectivity index (χ1v) is 12.3.